The Balaban J connectivity index is 1.65. The minimum atomic E-state index is -4.90. The molecule has 1 saturated heterocycles. The van der Waals surface area contributed by atoms with E-state index in [0.717, 1.165) is 0 Å². The molecule has 1 aromatic carbocycles. The first-order chi connectivity index (χ1) is 16.4. The molecule has 2 aromatic rings. The van der Waals surface area contributed by atoms with E-state index in [1.54, 1.807) is 11.1 Å². The second kappa shape index (κ2) is 8.48. The number of nitrogens with one attached hydrogen (secondary N) is 1. The topological polar surface area (TPSA) is 176 Å². The molecule has 3 N–H and O–H groups in total. The molecule has 0 amide bonds. The van der Waals surface area contributed by atoms with Crippen LogP contribution in [0.1, 0.15) is 24.9 Å². The van der Waals surface area contributed by atoms with Gasteiger partial charge in [0, 0.05) is 11.8 Å². The number of aromatic nitrogens is 2. The summed E-state index contributed by atoms with van der Waals surface area (Å²) in [5, 5.41) is 20.6. The number of aliphatic hydroxyl groups is 2. The third-order valence-corrected chi connectivity index (χ3v) is 6.01. The molecule has 1 aromatic heterocycles. The second-order valence-electron chi connectivity index (χ2n) is 6.91. The molecule has 5 atom stereocenters. The van der Waals surface area contributed by atoms with Crippen molar-refractivity contribution >= 4 is 14.1 Å². The van der Waals surface area contributed by atoms with E-state index in [0.29, 0.717) is 16.3 Å². The molecule has 1 unspecified atom stereocenters. The fourth-order valence-electron chi connectivity index (χ4n) is 3.16. The summed E-state index contributed by atoms with van der Waals surface area (Å²) in [5.41, 5.74) is -2.59. The molecule has 1 fully saturated rings. The average Bonchev–Trinajstić information content (AvgIpc) is 3.03. The highest BCUT2D eigenvalue weighted by Crippen LogP contribution is 2.57. The van der Waals surface area contributed by atoms with Gasteiger partial charge in [-0.05, 0) is 6.07 Å². The highest BCUT2D eigenvalue weighted by Gasteiger charge is 2.57. The van der Waals surface area contributed by atoms with Crippen LogP contribution in [0.5, 0.6) is 11.5 Å². The van der Waals surface area contributed by atoms with Gasteiger partial charge in [-0.1, -0.05) is 12.1 Å². The second-order valence-corrected chi connectivity index (χ2v) is 8.43. The van der Waals surface area contributed by atoms with Crippen LogP contribution >= 0.6 is 7.82 Å². The van der Waals surface area contributed by atoms with Crippen molar-refractivity contribution in [3.63, 3.8) is 0 Å². The van der Waals surface area contributed by atoms with Crippen LogP contribution in [-0.2, 0) is 25.0 Å². The van der Waals surface area contributed by atoms with Gasteiger partial charge in [0.15, 0.2) is 24.0 Å². The number of phosphoric acid groups is 1. The predicted octanol–water partition coefficient (Wildman–Crippen LogP) is 0.00800. The van der Waals surface area contributed by atoms with Crippen molar-refractivity contribution in [1.29, 1.82) is 0 Å². The number of para-hydroxylation sites is 1. The molecule has 13 nitrogen and oxygen atoms in total. The molecular weight excluding hydrogens is 470 g/mol. The van der Waals surface area contributed by atoms with Crippen LogP contribution in [0.2, 0.25) is 0 Å². The van der Waals surface area contributed by atoms with Gasteiger partial charge in [-0.2, -0.15) is 0 Å². The number of phosphoric ester groups is 1. The summed E-state index contributed by atoms with van der Waals surface area (Å²) >= 11 is 0. The summed E-state index contributed by atoms with van der Waals surface area (Å²) in [7, 11) is -3.61. The molecule has 33 heavy (non-hydrogen) atoms. The van der Waals surface area contributed by atoms with Crippen molar-refractivity contribution in [2.24, 2.45) is 0 Å². The van der Waals surface area contributed by atoms with Crippen molar-refractivity contribution in [1.82, 2.24) is 9.55 Å². The zero-order chi connectivity index (χ0) is 25.8. The number of alkyl halides is 1. The summed E-state index contributed by atoms with van der Waals surface area (Å²) in [5.74, 6) is -3.96. The maximum Gasteiger partial charge on any atom is 0.530 e. The number of carbonyl (C=O) groups excluding carboxylic acids is 1. The predicted molar refractivity (Wildman–Crippen MR) is 105 cm³/mol. The van der Waals surface area contributed by atoms with Gasteiger partial charge in [-0.15, -0.1) is 0 Å². The highest BCUT2D eigenvalue weighted by molar-refractivity contribution is 7.49. The first kappa shape index (κ1) is 20.7. The number of methoxy groups -OCH3 is 1. The lowest BCUT2D eigenvalue weighted by atomic mass is 10.1. The third kappa shape index (κ3) is 4.12. The summed E-state index contributed by atoms with van der Waals surface area (Å²) in [4.78, 5) is 36.5. The minimum absolute atomic E-state index is 0.0626. The van der Waals surface area contributed by atoms with Gasteiger partial charge in [0.05, 0.1) is 22.0 Å². The summed E-state index contributed by atoms with van der Waals surface area (Å²) in [6.45, 7) is -4.20. The summed E-state index contributed by atoms with van der Waals surface area (Å²) in [6, 6.07) is 4.56. The molecule has 0 bridgehead atoms. The van der Waals surface area contributed by atoms with E-state index in [1.807, 2.05) is 0 Å². The number of carbonyl (C=O) groups is 1. The number of aromatic amines is 1. The van der Waals surface area contributed by atoms with E-state index in [-0.39, 0.29) is 17.8 Å². The number of aldehydes is 1. The van der Waals surface area contributed by atoms with Crippen LogP contribution in [0.25, 0.3) is 0 Å². The molecule has 3 heterocycles. The molecule has 0 radical (unpaired) electrons. The zero-order valence-electron chi connectivity index (χ0n) is 18.7. The minimum Gasteiger partial charge on any atom is -0.493 e. The maximum absolute atomic E-state index is 15.8. The van der Waals surface area contributed by atoms with E-state index in [9.17, 15) is 29.2 Å². The number of ether oxygens (including phenoxy) is 2. The number of aliphatic hydroxyl groups excluding tert-OH is 2. The SMILES string of the molecule is [2H]C([2H])(OP1(=O)OCc2cccc(OC)c2O1)[C@@]1(F)O[C@@H](n2cc(C=O)c(=O)[nH]c2=O)[C@H](O)[C@@H]1O. The Morgan fingerprint density at radius 1 is 1.45 bits per heavy atom. The first-order valence-electron chi connectivity index (χ1n) is 10.2. The van der Waals surface area contributed by atoms with Crippen molar-refractivity contribution in [3.8, 4) is 11.5 Å². The van der Waals surface area contributed by atoms with Crippen LogP contribution in [0, 0.1) is 0 Å². The van der Waals surface area contributed by atoms with Crippen LogP contribution in [0.3, 0.4) is 0 Å². The molecule has 0 aliphatic carbocycles. The largest absolute Gasteiger partial charge is 0.530 e. The van der Waals surface area contributed by atoms with Gasteiger partial charge >= 0.3 is 13.5 Å². The fourth-order valence-corrected chi connectivity index (χ4v) is 4.27. The number of hydrogen-bond acceptors (Lipinski definition) is 11. The van der Waals surface area contributed by atoms with Gasteiger partial charge in [0.25, 0.3) is 11.4 Å². The lowest BCUT2D eigenvalue weighted by Crippen LogP contribution is -2.43. The van der Waals surface area contributed by atoms with Crippen LogP contribution in [0.4, 0.5) is 4.39 Å². The van der Waals surface area contributed by atoms with Crippen LogP contribution in [-0.4, -0.2) is 57.8 Å². The fraction of sp³-hybridized carbons (Fsp3) is 0.389. The Labute approximate surface area is 186 Å². The Hall–Kier alpha value is -2.87. The van der Waals surface area contributed by atoms with Crippen molar-refractivity contribution in [2.75, 3.05) is 13.7 Å². The number of benzene rings is 1. The van der Waals surface area contributed by atoms with Gasteiger partial charge in [-0.25, -0.2) is 13.8 Å². The van der Waals surface area contributed by atoms with Crippen molar-refractivity contribution < 1.29 is 49.7 Å². The number of halogens is 1. The van der Waals surface area contributed by atoms with Gasteiger partial charge in [0.2, 0.25) is 0 Å². The van der Waals surface area contributed by atoms with Crippen LogP contribution < -0.4 is 20.5 Å². The molecule has 2 aliphatic rings. The van der Waals surface area contributed by atoms with E-state index < -0.39 is 62.1 Å². The van der Waals surface area contributed by atoms with Gasteiger partial charge < -0.3 is 24.2 Å². The lowest BCUT2D eigenvalue weighted by Gasteiger charge is -2.28. The first-order valence-corrected chi connectivity index (χ1v) is 10.7. The number of hydrogen-bond donors (Lipinski definition) is 3. The normalized spacial score (nSPS) is 32.3. The van der Waals surface area contributed by atoms with Crippen molar-refractivity contribution in [2.45, 2.75) is 30.9 Å². The average molecular weight is 490 g/mol. The lowest BCUT2D eigenvalue weighted by molar-refractivity contribution is -0.205. The number of fused-ring (bicyclic) bond motifs is 1. The quantitative estimate of drug-likeness (QED) is 0.367. The molecule has 4 rings (SSSR count). The molecule has 0 spiro atoms. The molecular formula is C18H18FN2O11P. The number of H-pyrrole nitrogens is 1. The molecule has 15 heteroatoms. The zero-order valence-corrected chi connectivity index (χ0v) is 17.6. The third-order valence-electron chi connectivity index (χ3n) is 4.84. The Kier molecular flexibility index (Phi) is 5.32. The van der Waals surface area contributed by atoms with Gasteiger partial charge in [0.1, 0.15) is 18.8 Å². The van der Waals surface area contributed by atoms with E-state index >= 15 is 4.39 Å². The van der Waals surface area contributed by atoms with Gasteiger partial charge in [-0.3, -0.25) is 28.2 Å². The number of nitrogens with zero attached hydrogens (tertiary/aromatic N) is 1. The van der Waals surface area contributed by atoms with E-state index in [1.165, 1.54) is 19.2 Å². The maximum atomic E-state index is 15.8. The van der Waals surface area contributed by atoms with Crippen molar-refractivity contribution in [3.05, 3.63) is 56.4 Å². The summed E-state index contributed by atoms with van der Waals surface area (Å²) < 4.78 is 70.0. The summed E-state index contributed by atoms with van der Waals surface area (Å²) in [6.07, 6.45) is -6.47. The molecule has 178 valence electrons. The van der Waals surface area contributed by atoms with Crippen LogP contribution in [0.15, 0.2) is 34.0 Å². The molecule has 2 aliphatic heterocycles. The Morgan fingerprint density at radius 3 is 2.91 bits per heavy atom. The highest BCUT2D eigenvalue weighted by atomic mass is 31.2. The molecule has 0 saturated carbocycles. The standard InChI is InChI=1S/C18H18FN2O11P/c1-28-11-4-2-3-9-7-29-33(27,32-13(9)11)30-8-18(19)14(24)12(23)16(31-18)21-5-10(6-22)15(25)20-17(21)26/h2-6,12,14,16,23-24H,7-8H2,1H3,(H,20,25,26)/t12-,14+,16-,18-,33?/m1/s1/i8D2. The smallest absolute Gasteiger partial charge is 0.493 e. The number of rotatable bonds is 6. The Bertz CT molecular complexity index is 1320. The Morgan fingerprint density at radius 2 is 2.21 bits per heavy atom. The van der Waals surface area contributed by atoms with E-state index in [2.05, 4.69) is 0 Å². The monoisotopic (exact) mass is 490 g/mol. The van der Waals surface area contributed by atoms with E-state index in [4.69, 9.17) is 25.8 Å².